The van der Waals surface area contributed by atoms with E-state index in [1.54, 1.807) is 0 Å². The van der Waals surface area contributed by atoms with Gasteiger partial charge in [-0.15, -0.1) is 0 Å². The lowest BCUT2D eigenvalue weighted by molar-refractivity contribution is 0.265. The number of carbonyl (C=O) groups is 1. The lowest BCUT2D eigenvalue weighted by Gasteiger charge is -1.96. The number of thioether (sulfide) groups is 1. The molecular weight excluding hydrogens is 264 g/mol. The summed E-state index contributed by atoms with van der Waals surface area (Å²) in [6.45, 7) is 0. The Kier molecular flexibility index (Phi) is 2.88. The lowest BCUT2D eigenvalue weighted by Crippen LogP contribution is -2.18. The van der Waals surface area contributed by atoms with E-state index in [0.717, 1.165) is 16.0 Å². The standard InChI is InChI=1S/C9H7BrN2OS/c10-6-1-3-7(4-2-6)11-8-5-14-9(13)12-8/h1-4H,5H2,(H,11,12,13). The highest BCUT2D eigenvalue weighted by atomic mass is 79.9. The molecule has 1 N–H and O–H groups in total. The number of amidine groups is 1. The van der Waals surface area contributed by atoms with E-state index in [4.69, 9.17) is 0 Å². The molecule has 0 aliphatic carbocycles. The van der Waals surface area contributed by atoms with Gasteiger partial charge in [-0.2, -0.15) is 0 Å². The molecule has 0 bridgehead atoms. The number of hydrogen-bond acceptors (Lipinski definition) is 3. The van der Waals surface area contributed by atoms with E-state index in [-0.39, 0.29) is 5.24 Å². The average Bonchev–Trinajstić information content (AvgIpc) is 2.56. The van der Waals surface area contributed by atoms with E-state index in [1.807, 2.05) is 24.3 Å². The Morgan fingerprint density at radius 3 is 2.64 bits per heavy atom. The van der Waals surface area contributed by atoms with Crippen LogP contribution < -0.4 is 5.32 Å². The Labute approximate surface area is 94.1 Å². The SMILES string of the molecule is O=C1NC(=Nc2ccc(Br)cc2)CS1. The molecule has 1 aromatic carbocycles. The lowest BCUT2D eigenvalue weighted by atomic mass is 10.3. The van der Waals surface area contributed by atoms with Gasteiger partial charge in [0.2, 0.25) is 0 Å². The first-order valence-electron chi connectivity index (χ1n) is 4.01. The zero-order valence-corrected chi connectivity index (χ0v) is 9.56. The summed E-state index contributed by atoms with van der Waals surface area (Å²) in [5.74, 6) is 1.36. The van der Waals surface area contributed by atoms with Crippen LogP contribution in [0, 0.1) is 0 Å². The maximum atomic E-state index is 10.9. The second kappa shape index (κ2) is 4.14. The predicted octanol–water partition coefficient (Wildman–Crippen LogP) is 2.94. The molecule has 1 aromatic rings. The molecule has 1 aliphatic heterocycles. The normalized spacial score (nSPS) is 18.6. The van der Waals surface area contributed by atoms with Crippen LogP contribution in [-0.2, 0) is 0 Å². The second-order valence-corrected chi connectivity index (χ2v) is 4.60. The van der Waals surface area contributed by atoms with Gasteiger partial charge >= 0.3 is 0 Å². The number of benzene rings is 1. The van der Waals surface area contributed by atoms with Crippen LogP contribution in [0.15, 0.2) is 33.7 Å². The molecule has 1 amide bonds. The van der Waals surface area contributed by atoms with E-state index in [0.29, 0.717) is 5.75 Å². The molecule has 0 unspecified atom stereocenters. The third-order valence-corrected chi connectivity index (χ3v) is 2.99. The van der Waals surface area contributed by atoms with Crippen LogP contribution in [0.1, 0.15) is 0 Å². The number of aliphatic imine (C=N–C) groups is 1. The molecule has 1 fully saturated rings. The van der Waals surface area contributed by atoms with E-state index in [1.165, 1.54) is 11.8 Å². The number of hydrogen-bond donors (Lipinski definition) is 1. The van der Waals surface area contributed by atoms with Crippen LogP contribution in [0.25, 0.3) is 0 Å². The van der Waals surface area contributed by atoms with E-state index >= 15 is 0 Å². The Hall–Kier alpha value is -0.810. The monoisotopic (exact) mass is 270 g/mol. The highest BCUT2D eigenvalue weighted by molar-refractivity contribution is 9.10. The topological polar surface area (TPSA) is 41.5 Å². The summed E-state index contributed by atoms with van der Waals surface area (Å²) < 4.78 is 1.02. The van der Waals surface area contributed by atoms with Gasteiger partial charge in [0, 0.05) is 4.47 Å². The molecule has 0 radical (unpaired) electrons. The zero-order valence-electron chi connectivity index (χ0n) is 7.16. The summed E-state index contributed by atoms with van der Waals surface area (Å²) in [5, 5.41) is 2.65. The van der Waals surface area contributed by atoms with Crippen LogP contribution in [0.4, 0.5) is 10.5 Å². The maximum Gasteiger partial charge on any atom is 0.284 e. The quantitative estimate of drug-likeness (QED) is 0.853. The smallest absolute Gasteiger partial charge is 0.284 e. The summed E-state index contributed by atoms with van der Waals surface area (Å²) in [5.41, 5.74) is 0.853. The molecule has 1 aliphatic rings. The molecule has 72 valence electrons. The van der Waals surface area contributed by atoms with Crippen molar-refractivity contribution in [2.75, 3.05) is 5.75 Å². The van der Waals surface area contributed by atoms with E-state index in [2.05, 4.69) is 26.2 Å². The minimum absolute atomic E-state index is 0.0270. The number of carbonyl (C=O) groups excluding carboxylic acids is 1. The van der Waals surface area contributed by atoms with Crippen molar-refractivity contribution in [2.45, 2.75) is 0 Å². The molecule has 2 rings (SSSR count). The predicted molar refractivity (Wildman–Crippen MR) is 62.2 cm³/mol. The van der Waals surface area contributed by atoms with Crippen LogP contribution in [0.5, 0.6) is 0 Å². The minimum atomic E-state index is -0.0270. The maximum absolute atomic E-state index is 10.9. The van der Waals surface area contributed by atoms with Crippen molar-refractivity contribution in [3.63, 3.8) is 0 Å². The molecule has 0 spiro atoms. The van der Waals surface area contributed by atoms with E-state index < -0.39 is 0 Å². The van der Waals surface area contributed by atoms with Crippen molar-refractivity contribution in [2.24, 2.45) is 4.99 Å². The zero-order chi connectivity index (χ0) is 9.97. The van der Waals surface area contributed by atoms with Crippen molar-refractivity contribution < 1.29 is 4.79 Å². The highest BCUT2D eigenvalue weighted by Gasteiger charge is 2.15. The molecule has 0 aromatic heterocycles. The number of nitrogens with zero attached hydrogens (tertiary/aromatic N) is 1. The van der Waals surface area contributed by atoms with Gasteiger partial charge < -0.3 is 5.32 Å². The first-order valence-corrected chi connectivity index (χ1v) is 5.79. The highest BCUT2D eigenvalue weighted by Crippen LogP contribution is 2.18. The summed E-state index contributed by atoms with van der Waals surface area (Å²) in [7, 11) is 0. The van der Waals surface area contributed by atoms with Gasteiger partial charge in [0.1, 0.15) is 5.84 Å². The summed E-state index contributed by atoms with van der Waals surface area (Å²) in [6.07, 6.45) is 0. The van der Waals surface area contributed by atoms with Crippen LogP contribution in [-0.4, -0.2) is 16.8 Å². The Bertz CT molecular complexity index is 388. The van der Waals surface area contributed by atoms with Crippen LogP contribution >= 0.6 is 27.7 Å². The van der Waals surface area contributed by atoms with Crippen LogP contribution in [0.2, 0.25) is 0 Å². The first-order chi connectivity index (χ1) is 6.74. The molecular formula is C9H7BrN2OS. The summed E-state index contributed by atoms with van der Waals surface area (Å²) >= 11 is 4.58. The Morgan fingerprint density at radius 2 is 2.07 bits per heavy atom. The number of nitrogens with one attached hydrogen (secondary N) is 1. The first kappa shape index (κ1) is 9.73. The minimum Gasteiger partial charge on any atom is -0.304 e. The number of amides is 1. The third kappa shape index (κ3) is 2.36. The summed E-state index contributed by atoms with van der Waals surface area (Å²) in [6, 6.07) is 7.63. The molecule has 1 heterocycles. The van der Waals surface area contributed by atoms with Crippen LogP contribution in [0.3, 0.4) is 0 Å². The Morgan fingerprint density at radius 1 is 1.36 bits per heavy atom. The fourth-order valence-corrected chi connectivity index (χ4v) is 1.91. The molecule has 5 heteroatoms. The molecule has 14 heavy (non-hydrogen) atoms. The Balaban J connectivity index is 2.17. The van der Waals surface area contributed by atoms with E-state index in [9.17, 15) is 4.79 Å². The van der Waals surface area contributed by atoms with Gasteiger partial charge in [0.25, 0.3) is 5.24 Å². The van der Waals surface area contributed by atoms with Crippen molar-refractivity contribution in [1.29, 1.82) is 0 Å². The third-order valence-electron chi connectivity index (χ3n) is 1.68. The van der Waals surface area contributed by atoms with Gasteiger partial charge in [0.15, 0.2) is 0 Å². The van der Waals surface area contributed by atoms with Gasteiger partial charge in [-0.25, -0.2) is 4.99 Å². The molecule has 3 nitrogen and oxygen atoms in total. The van der Waals surface area contributed by atoms with Gasteiger partial charge in [-0.1, -0.05) is 27.7 Å². The average molecular weight is 271 g/mol. The van der Waals surface area contributed by atoms with Crippen molar-refractivity contribution in [3.8, 4) is 0 Å². The fraction of sp³-hybridized carbons (Fsp3) is 0.111. The van der Waals surface area contributed by atoms with Crippen molar-refractivity contribution >= 4 is 44.5 Å². The molecule has 1 saturated heterocycles. The summed E-state index contributed by atoms with van der Waals surface area (Å²) in [4.78, 5) is 15.2. The number of halogens is 1. The van der Waals surface area contributed by atoms with Crippen molar-refractivity contribution in [1.82, 2.24) is 5.32 Å². The van der Waals surface area contributed by atoms with Crippen molar-refractivity contribution in [3.05, 3.63) is 28.7 Å². The van der Waals surface area contributed by atoms with Gasteiger partial charge in [-0.3, -0.25) is 4.79 Å². The van der Waals surface area contributed by atoms with Gasteiger partial charge in [0.05, 0.1) is 11.4 Å². The number of rotatable bonds is 1. The largest absolute Gasteiger partial charge is 0.304 e. The second-order valence-electron chi connectivity index (χ2n) is 2.74. The molecule has 0 saturated carbocycles. The molecule has 0 atom stereocenters. The van der Waals surface area contributed by atoms with Gasteiger partial charge in [-0.05, 0) is 24.3 Å². The fourth-order valence-electron chi connectivity index (χ4n) is 1.06.